The molecule has 0 saturated heterocycles. The lowest BCUT2D eigenvalue weighted by atomic mass is 10.00. The molecule has 0 radical (unpaired) electrons. The molecule has 1 aliphatic carbocycles. The topological polar surface area (TPSA) is 20.7 Å². The van der Waals surface area contributed by atoms with E-state index in [4.69, 9.17) is 0 Å². The molecule has 3 heterocycles. The third-order valence-corrected chi connectivity index (χ3v) is 9.76. The highest BCUT2D eigenvalue weighted by molar-refractivity contribution is 7.26. The molecule has 184 valence electrons. The zero-order valence-electron chi connectivity index (χ0n) is 21.5. The van der Waals surface area contributed by atoms with Crippen molar-refractivity contribution in [3.8, 4) is 22.4 Å². The normalized spacial score (nSPS) is 12.7. The molecular weight excluding hydrogens is 492 g/mol. The Kier molecular flexibility index (Phi) is 4.10. The third kappa shape index (κ3) is 2.75. The highest BCUT2D eigenvalue weighted by Crippen LogP contribution is 2.47. The molecule has 2 nitrogen and oxygen atoms in total. The summed E-state index contributed by atoms with van der Waals surface area (Å²) in [6.45, 7) is 6.53. The van der Waals surface area contributed by atoms with Gasteiger partial charge in [-0.25, -0.2) is 0 Å². The van der Waals surface area contributed by atoms with Crippen LogP contribution in [-0.4, -0.2) is 9.55 Å². The summed E-state index contributed by atoms with van der Waals surface area (Å²) in [6, 6.07) is 35.8. The number of thiophene rings is 1. The number of aromatic amines is 1. The first-order valence-corrected chi connectivity index (χ1v) is 14.3. The van der Waals surface area contributed by atoms with Crippen molar-refractivity contribution in [2.45, 2.75) is 13.3 Å². The van der Waals surface area contributed by atoms with Gasteiger partial charge in [0.05, 0.1) is 16.7 Å². The van der Waals surface area contributed by atoms with Crippen LogP contribution in [0.5, 0.6) is 0 Å². The fourth-order valence-corrected chi connectivity index (χ4v) is 8.12. The van der Waals surface area contributed by atoms with Crippen LogP contribution in [0.2, 0.25) is 0 Å². The number of rotatable bonds is 2. The fraction of sp³-hybridized carbons (Fsp3) is 0.0556. The number of hydrogen-bond donors (Lipinski definition) is 1. The van der Waals surface area contributed by atoms with Crippen molar-refractivity contribution in [3.05, 3.63) is 115 Å². The molecule has 0 spiro atoms. The molecule has 9 rings (SSSR count). The van der Waals surface area contributed by atoms with Gasteiger partial charge in [0.15, 0.2) is 0 Å². The Morgan fingerprint density at radius 3 is 2.49 bits per heavy atom. The minimum atomic E-state index is 0.970. The van der Waals surface area contributed by atoms with Gasteiger partial charge in [0.1, 0.15) is 0 Å². The van der Waals surface area contributed by atoms with Crippen LogP contribution in [0.15, 0.2) is 104 Å². The molecular formula is C36H24N2S. The number of benzene rings is 5. The fourth-order valence-electron chi connectivity index (χ4n) is 6.88. The summed E-state index contributed by atoms with van der Waals surface area (Å²) in [6.07, 6.45) is 0.970. The first-order chi connectivity index (χ1) is 19.2. The molecule has 0 fully saturated rings. The van der Waals surface area contributed by atoms with Gasteiger partial charge in [-0.05, 0) is 47.4 Å². The van der Waals surface area contributed by atoms with E-state index in [2.05, 4.69) is 120 Å². The predicted molar refractivity (Wildman–Crippen MR) is 169 cm³/mol. The van der Waals surface area contributed by atoms with Crippen molar-refractivity contribution >= 4 is 69.9 Å². The number of allylic oxidation sites excluding steroid dienone is 1. The lowest BCUT2D eigenvalue weighted by Crippen LogP contribution is -1.95. The zero-order chi connectivity index (χ0) is 25.8. The molecule has 3 heteroatoms. The Morgan fingerprint density at radius 1 is 0.769 bits per heavy atom. The second kappa shape index (κ2) is 7.49. The van der Waals surface area contributed by atoms with Gasteiger partial charge in [-0.3, -0.25) is 0 Å². The molecule has 3 aromatic heterocycles. The summed E-state index contributed by atoms with van der Waals surface area (Å²) >= 11 is 1.89. The van der Waals surface area contributed by atoms with E-state index in [0.29, 0.717) is 0 Å². The predicted octanol–water partition coefficient (Wildman–Crippen LogP) is 10.4. The first-order valence-electron chi connectivity index (χ1n) is 13.4. The van der Waals surface area contributed by atoms with Crippen LogP contribution in [0.3, 0.4) is 0 Å². The van der Waals surface area contributed by atoms with Crippen LogP contribution in [0.4, 0.5) is 0 Å². The van der Waals surface area contributed by atoms with Crippen molar-refractivity contribution in [2.75, 3.05) is 0 Å². The Bertz CT molecular complexity index is 2340. The zero-order valence-corrected chi connectivity index (χ0v) is 22.3. The summed E-state index contributed by atoms with van der Waals surface area (Å²) in [5, 5.41) is 6.51. The molecule has 0 aliphatic heterocycles. The number of H-pyrrole nitrogens is 1. The second-order valence-electron chi connectivity index (χ2n) is 10.8. The monoisotopic (exact) mass is 516 g/mol. The van der Waals surface area contributed by atoms with Gasteiger partial charge in [0.2, 0.25) is 0 Å². The smallest absolute Gasteiger partial charge is 0.0777 e. The molecule has 1 N–H and O–H groups in total. The average molecular weight is 517 g/mol. The van der Waals surface area contributed by atoms with E-state index >= 15 is 0 Å². The molecule has 0 unspecified atom stereocenters. The minimum Gasteiger partial charge on any atom is -0.353 e. The van der Waals surface area contributed by atoms with Crippen LogP contribution in [0.25, 0.3) is 81.0 Å². The molecule has 0 saturated carbocycles. The number of hydrogen-bond acceptors (Lipinski definition) is 1. The van der Waals surface area contributed by atoms with Gasteiger partial charge >= 0.3 is 0 Å². The van der Waals surface area contributed by atoms with Crippen molar-refractivity contribution in [1.29, 1.82) is 0 Å². The summed E-state index contributed by atoms with van der Waals surface area (Å²) < 4.78 is 5.07. The van der Waals surface area contributed by atoms with E-state index in [1.54, 1.807) is 0 Å². The Morgan fingerprint density at radius 2 is 1.56 bits per heavy atom. The lowest BCUT2D eigenvalue weighted by molar-refractivity contribution is 1.16. The first kappa shape index (κ1) is 21.3. The highest BCUT2D eigenvalue weighted by Gasteiger charge is 2.28. The van der Waals surface area contributed by atoms with Gasteiger partial charge < -0.3 is 9.55 Å². The molecule has 8 aromatic rings. The maximum absolute atomic E-state index is 4.41. The maximum Gasteiger partial charge on any atom is 0.0777 e. The van der Waals surface area contributed by atoms with Crippen LogP contribution >= 0.6 is 11.3 Å². The second-order valence-corrected chi connectivity index (χ2v) is 11.8. The third-order valence-electron chi connectivity index (χ3n) is 8.54. The van der Waals surface area contributed by atoms with E-state index < -0.39 is 0 Å². The Hall–Kier alpha value is -4.60. The molecule has 39 heavy (non-hydrogen) atoms. The van der Waals surface area contributed by atoms with E-state index in [1.165, 1.54) is 86.4 Å². The Balaban J connectivity index is 1.32. The average Bonchev–Trinajstić information content (AvgIpc) is 3.70. The Labute approximate surface area is 229 Å². The van der Waals surface area contributed by atoms with Crippen LogP contribution < -0.4 is 0 Å². The molecule has 0 amide bonds. The summed E-state index contributed by atoms with van der Waals surface area (Å²) in [5.74, 6) is 0. The van der Waals surface area contributed by atoms with Crippen LogP contribution in [0.1, 0.15) is 18.1 Å². The highest BCUT2D eigenvalue weighted by atomic mass is 32.1. The van der Waals surface area contributed by atoms with Gasteiger partial charge in [-0.2, -0.15) is 0 Å². The molecule has 1 aliphatic rings. The maximum atomic E-state index is 4.41. The van der Waals surface area contributed by atoms with E-state index in [9.17, 15) is 0 Å². The minimum absolute atomic E-state index is 0.970. The van der Waals surface area contributed by atoms with Gasteiger partial charge in [0, 0.05) is 59.5 Å². The van der Waals surface area contributed by atoms with E-state index in [1.807, 2.05) is 11.3 Å². The van der Waals surface area contributed by atoms with Gasteiger partial charge in [-0.1, -0.05) is 85.4 Å². The van der Waals surface area contributed by atoms with Crippen LogP contribution in [-0.2, 0) is 6.42 Å². The lowest BCUT2D eigenvalue weighted by Gasteiger charge is -2.11. The molecule has 0 bridgehead atoms. The standard InChI is InChI=1S/C36H24N2S/c1-20(2)38-34-23-9-4-3-8-21(23)19-30(34)27-16-15-26-29-18-22(14-17-31(29)37-33(26)35(27)38)24-11-7-12-28-25-10-5-6-13-32(25)39-36(24)28/h3-18,37H,1,19H2,2H3. The summed E-state index contributed by atoms with van der Waals surface area (Å²) in [7, 11) is 0. The quantitative estimate of drug-likeness (QED) is 0.236. The van der Waals surface area contributed by atoms with Gasteiger partial charge in [0.25, 0.3) is 0 Å². The van der Waals surface area contributed by atoms with Crippen molar-refractivity contribution in [3.63, 3.8) is 0 Å². The number of nitrogens with zero attached hydrogens (tertiary/aromatic N) is 1. The summed E-state index contributed by atoms with van der Waals surface area (Å²) in [5.41, 5.74) is 12.6. The number of nitrogens with one attached hydrogen (secondary N) is 1. The number of fused-ring (bicyclic) bond motifs is 12. The molecule has 0 atom stereocenters. The van der Waals surface area contributed by atoms with Crippen molar-refractivity contribution < 1.29 is 0 Å². The van der Waals surface area contributed by atoms with Crippen molar-refractivity contribution in [2.24, 2.45) is 0 Å². The SMILES string of the molecule is C=C(C)n1c2c(c3ccc4c5cc(-c6cccc7c6sc6ccccc67)ccc5[nH]c4c31)Cc1ccccc1-2. The van der Waals surface area contributed by atoms with Crippen LogP contribution in [0, 0.1) is 0 Å². The summed E-state index contributed by atoms with van der Waals surface area (Å²) in [4.78, 5) is 3.81. The van der Waals surface area contributed by atoms with Crippen molar-refractivity contribution in [1.82, 2.24) is 9.55 Å². The van der Waals surface area contributed by atoms with E-state index in [-0.39, 0.29) is 0 Å². The largest absolute Gasteiger partial charge is 0.353 e. The number of aromatic nitrogens is 2. The van der Waals surface area contributed by atoms with Gasteiger partial charge in [-0.15, -0.1) is 11.3 Å². The van der Waals surface area contributed by atoms with E-state index in [0.717, 1.165) is 12.1 Å². The molecule has 5 aromatic carbocycles.